The smallest absolute Gasteiger partial charge is 0.186 e. The molecule has 4 aromatic rings. The molecule has 0 bridgehead atoms. The fourth-order valence-corrected chi connectivity index (χ4v) is 3.69. The number of para-hydroxylation sites is 2. The summed E-state index contributed by atoms with van der Waals surface area (Å²) in [7, 11) is 0. The Morgan fingerprint density at radius 1 is 0.903 bits per heavy atom. The van der Waals surface area contributed by atoms with Gasteiger partial charge >= 0.3 is 0 Å². The van der Waals surface area contributed by atoms with Crippen LogP contribution in [0.2, 0.25) is 0 Å². The second kappa shape index (κ2) is 8.29. The van der Waals surface area contributed by atoms with E-state index in [-0.39, 0.29) is 21.8 Å². The molecule has 0 amide bonds. The van der Waals surface area contributed by atoms with Crippen molar-refractivity contribution in [3.63, 3.8) is 0 Å². The summed E-state index contributed by atoms with van der Waals surface area (Å²) in [6, 6.07) is 14.5. The van der Waals surface area contributed by atoms with E-state index in [9.17, 15) is 27.1 Å². The number of Topliss-reactive ketones (excluding diaryl/α,β-unsaturated/α-hetero) is 2. The first kappa shape index (κ1) is 20.7. The first-order valence-electron chi connectivity index (χ1n) is 9.03. The number of benzene rings is 3. The van der Waals surface area contributed by atoms with Gasteiger partial charge < -0.3 is 9.54 Å². The molecule has 9 heteroatoms. The molecule has 1 aromatic heterocycles. The van der Waals surface area contributed by atoms with Gasteiger partial charge in [0.15, 0.2) is 22.6 Å². The third kappa shape index (κ3) is 4.18. The predicted octanol–water partition coefficient (Wildman–Crippen LogP) is 4.27. The van der Waals surface area contributed by atoms with Gasteiger partial charge in [0.05, 0.1) is 15.9 Å². The molecule has 0 saturated carbocycles. The van der Waals surface area contributed by atoms with Crippen LogP contribution in [0.25, 0.3) is 11.0 Å². The number of aromatic amines is 1. The molecule has 156 valence electrons. The number of rotatable bonds is 6. The van der Waals surface area contributed by atoms with Gasteiger partial charge in [-0.25, -0.2) is 18.0 Å². The lowest BCUT2D eigenvalue weighted by Gasteiger charge is -2.14. The second-order valence-corrected chi connectivity index (χ2v) is 7.71. The van der Waals surface area contributed by atoms with E-state index in [1.807, 2.05) is 0 Å². The summed E-state index contributed by atoms with van der Waals surface area (Å²) in [6.45, 7) is 0. The van der Waals surface area contributed by atoms with E-state index < -0.39 is 40.2 Å². The molecule has 4 rings (SSSR count). The number of nitrogens with one attached hydrogen (secondary N) is 1. The van der Waals surface area contributed by atoms with Gasteiger partial charge in [-0.15, -0.1) is 0 Å². The highest BCUT2D eigenvalue weighted by Gasteiger charge is 2.33. The summed E-state index contributed by atoms with van der Waals surface area (Å²) in [5.41, 5.74) is 0.714. The molecule has 2 N–H and O–H groups in total. The van der Waals surface area contributed by atoms with Crippen molar-refractivity contribution in [3.8, 4) is 0 Å². The van der Waals surface area contributed by atoms with Crippen LogP contribution in [0, 0.1) is 11.6 Å². The van der Waals surface area contributed by atoms with Gasteiger partial charge in [-0.3, -0.25) is 9.59 Å². The normalized spacial score (nSPS) is 13.1. The average molecular weight is 440 g/mol. The minimum atomic E-state index is -2.34. The van der Waals surface area contributed by atoms with Gasteiger partial charge in [-0.2, -0.15) is 0 Å². The van der Waals surface area contributed by atoms with Gasteiger partial charge in [0.25, 0.3) is 0 Å². The van der Waals surface area contributed by atoms with Crippen LogP contribution < -0.4 is 0 Å². The Labute approximate surface area is 177 Å². The lowest BCUT2D eigenvalue weighted by molar-refractivity contribution is 0.0855. The lowest BCUT2D eigenvalue weighted by atomic mass is 9.89. The van der Waals surface area contributed by atoms with Crippen LogP contribution in [0.5, 0.6) is 0 Å². The molecule has 31 heavy (non-hydrogen) atoms. The topological polar surface area (TPSA) is 100 Å². The van der Waals surface area contributed by atoms with E-state index in [2.05, 4.69) is 9.97 Å². The maximum absolute atomic E-state index is 13.7. The molecular formula is C22H14F2N2O4S. The summed E-state index contributed by atoms with van der Waals surface area (Å²) < 4.78 is 48.2. The van der Waals surface area contributed by atoms with Gasteiger partial charge in [0.1, 0.15) is 23.4 Å². The first-order chi connectivity index (χ1) is 14.8. The maximum atomic E-state index is 13.7. The van der Waals surface area contributed by atoms with Gasteiger partial charge in [-0.05, 0) is 36.4 Å². The zero-order valence-electron chi connectivity index (χ0n) is 15.7. The Morgan fingerprint density at radius 3 is 2.26 bits per heavy atom. The van der Waals surface area contributed by atoms with E-state index in [4.69, 9.17) is 0 Å². The Balaban J connectivity index is 1.86. The molecule has 0 aliphatic rings. The second-order valence-electron chi connectivity index (χ2n) is 6.74. The van der Waals surface area contributed by atoms with Gasteiger partial charge in [0, 0.05) is 17.2 Å². The fraction of sp³-hybridized carbons (Fsp3) is 0.0455. The number of carbonyl (C=O) groups excluding carboxylic acids is 2. The van der Waals surface area contributed by atoms with E-state index >= 15 is 0 Å². The Morgan fingerprint density at radius 2 is 1.58 bits per heavy atom. The summed E-state index contributed by atoms with van der Waals surface area (Å²) in [5.74, 6) is -5.07. The Hall–Kier alpha value is -3.56. The quantitative estimate of drug-likeness (QED) is 0.265. The fourth-order valence-electron chi connectivity index (χ4n) is 3.26. The van der Waals surface area contributed by atoms with Gasteiger partial charge in [0.2, 0.25) is 0 Å². The Bertz CT molecular complexity index is 1300. The third-order valence-corrected chi connectivity index (χ3v) is 5.33. The van der Waals surface area contributed by atoms with Crippen molar-refractivity contribution in [3.05, 3.63) is 95.3 Å². The third-order valence-electron chi connectivity index (χ3n) is 4.67. The first-order valence-corrected chi connectivity index (χ1v) is 10.1. The number of H-pyrrole nitrogens is 1. The molecule has 0 saturated heterocycles. The van der Waals surface area contributed by atoms with E-state index in [0.29, 0.717) is 17.1 Å². The molecule has 0 fully saturated rings. The molecule has 1 heterocycles. The number of hydrogen-bond donors (Lipinski definition) is 2. The monoisotopic (exact) mass is 440 g/mol. The number of imidazole rings is 1. The van der Waals surface area contributed by atoms with Crippen LogP contribution in [0.4, 0.5) is 8.78 Å². The maximum Gasteiger partial charge on any atom is 0.186 e. The molecule has 0 radical (unpaired) electrons. The molecule has 0 aliphatic carbocycles. The number of hydrogen-bond acceptors (Lipinski definition) is 4. The van der Waals surface area contributed by atoms with Crippen molar-refractivity contribution in [1.29, 1.82) is 0 Å². The molecule has 3 aromatic carbocycles. The SMILES string of the molecule is O=C(c1cc(F)cc(F)c1)C(C(=O)c1cccc(S(=O)O)c1)c1nc2ccccc2[nH]1. The number of aromatic nitrogens is 2. The molecule has 6 nitrogen and oxygen atoms in total. The van der Waals surface area contributed by atoms with Crippen molar-refractivity contribution in [2.24, 2.45) is 0 Å². The van der Waals surface area contributed by atoms with Gasteiger partial charge in [-0.1, -0.05) is 24.3 Å². The zero-order chi connectivity index (χ0) is 22.1. The minimum absolute atomic E-state index is 0.00334. The molecule has 2 atom stereocenters. The molecule has 0 aliphatic heterocycles. The molecule has 2 unspecified atom stereocenters. The summed E-state index contributed by atoms with van der Waals surface area (Å²) in [5, 5.41) is 0. The highest BCUT2D eigenvalue weighted by molar-refractivity contribution is 7.79. The number of carbonyl (C=O) groups is 2. The Kier molecular flexibility index (Phi) is 5.53. The summed E-state index contributed by atoms with van der Waals surface area (Å²) in [4.78, 5) is 33.8. The summed E-state index contributed by atoms with van der Waals surface area (Å²) >= 11 is -2.34. The van der Waals surface area contributed by atoms with Crippen molar-refractivity contribution in [1.82, 2.24) is 9.97 Å². The van der Waals surface area contributed by atoms with Crippen molar-refractivity contribution in [2.45, 2.75) is 10.8 Å². The number of halogens is 2. The number of nitrogens with zero attached hydrogens (tertiary/aromatic N) is 1. The van der Waals surface area contributed by atoms with E-state index in [0.717, 1.165) is 12.1 Å². The minimum Gasteiger partial charge on any atom is -0.341 e. The molecule has 0 spiro atoms. The largest absolute Gasteiger partial charge is 0.341 e. The highest BCUT2D eigenvalue weighted by Crippen LogP contribution is 2.27. The van der Waals surface area contributed by atoms with Crippen LogP contribution >= 0.6 is 0 Å². The predicted molar refractivity (Wildman–Crippen MR) is 109 cm³/mol. The number of ketones is 2. The average Bonchev–Trinajstić information content (AvgIpc) is 3.16. The van der Waals surface area contributed by atoms with Crippen molar-refractivity contribution in [2.75, 3.05) is 0 Å². The summed E-state index contributed by atoms with van der Waals surface area (Å²) in [6.07, 6.45) is 0. The lowest BCUT2D eigenvalue weighted by Crippen LogP contribution is -2.24. The van der Waals surface area contributed by atoms with Crippen LogP contribution in [-0.4, -0.2) is 30.3 Å². The van der Waals surface area contributed by atoms with Crippen molar-refractivity contribution >= 4 is 33.7 Å². The standard InChI is InChI=1S/C22H14F2N2O4S/c23-14-8-13(9-15(24)11-14)21(28)19(22-25-17-6-1-2-7-18(17)26-22)20(27)12-4-3-5-16(10-12)31(29)30/h1-11,19H,(H,25,26)(H,29,30). The molecular weight excluding hydrogens is 426 g/mol. The van der Waals surface area contributed by atoms with Crippen molar-refractivity contribution < 1.29 is 27.1 Å². The zero-order valence-corrected chi connectivity index (χ0v) is 16.5. The highest BCUT2D eigenvalue weighted by atomic mass is 32.2. The van der Waals surface area contributed by atoms with Crippen LogP contribution in [0.1, 0.15) is 32.5 Å². The van der Waals surface area contributed by atoms with Crippen LogP contribution in [0.3, 0.4) is 0 Å². The number of fused-ring (bicyclic) bond motifs is 1. The van der Waals surface area contributed by atoms with Crippen LogP contribution in [-0.2, 0) is 11.1 Å². The van der Waals surface area contributed by atoms with E-state index in [1.165, 1.54) is 24.3 Å². The van der Waals surface area contributed by atoms with Crippen LogP contribution in [0.15, 0.2) is 71.6 Å². The van der Waals surface area contributed by atoms with E-state index in [1.54, 1.807) is 24.3 Å².